The molecule has 0 N–H and O–H groups in total. The van der Waals surface area contributed by atoms with Gasteiger partial charge in [-0.15, -0.1) is 5.98 Å². The van der Waals surface area contributed by atoms with Gasteiger partial charge in [0, 0.05) is 0 Å². The van der Waals surface area contributed by atoms with Gasteiger partial charge in [-0.3, -0.25) is 0 Å². The second-order valence-electron chi connectivity index (χ2n) is 7.14. The lowest BCUT2D eigenvalue weighted by Crippen LogP contribution is -2.33. The fourth-order valence-corrected chi connectivity index (χ4v) is 3.62. The molecule has 1 aliphatic rings. The fourth-order valence-electron chi connectivity index (χ4n) is 3.62. The van der Waals surface area contributed by atoms with Crippen LogP contribution in [0.4, 0.5) is 0 Å². The maximum atomic E-state index is 2.45. The number of aryl methyl sites for hydroxylation is 1. The first kappa shape index (κ1) is 19.3. The second kappa shape index (κ2) is 9.46. The first-order valence-corrected chi connectivity index (χ1v) is 9.48. The van der Waals surface area contributed by atoms with E-state index in [0.717, 1.165) is 0 Å². The molecule has 1 atom stereocenters. The minimum Gasteiger partial charge on any atom is -0.106 e. The predicted molar refractivity (Wildman–Crippen MR) is 115 cm³/mol. The van der Waals surface area contributed by atoms with Crippen molar-refractivity contribution in [1.29, 1.82) is 0 Å². The van der Waals surface area contributed by atoms with E-state index < -0.39 is 0 Å². The molecular weight excluding hydrogens is 299 g/mol. The van der Waals surface area contributed by atoms with Gasteiger partial charge >= 0.3 is 0 Å². The van der Waals surface area contributed by atoms with Crippen molar-refractivity contribution < 1.29 is 0 Å². The van der Waals surface area contributed by atoms with Gasteiger partial charge in [-0.1, -0.05) is 102 Å². The summed E-state index contributed by atoms with van der Waals surface area (Å²) < 4.78 is 0. The van der Waals surface area contributed by atoms with Crippen molar-refractivity contribution in [3.8, 4) is 0 Å². The Morgan fingerprint density at radius 3 is 2.48 bits per heavy atom. The molecule has 130 valence electrons. The Morgan fingerprint density at radius 2 is 1.84 bits per heavy atom. The maximum Gasteiger partial charge on any atom is 0.212 e. The van der Waals surface area contributed by atoms with Gasteiger partial charge in [0.1, 0.15) is 0 Å². The quantitative estimate of drug-likeness (QED) is 0.402. The summed E-state index contributed by atoms with van der Waals surface area (Å²) in [5.74, 6) is 2.93. The van der Waals surface area contributed by atoms with Gasteiger partial charge in [-0.2, -0.15) is 0 Å². The van der Waals surface area contributed by atoms with Crippen LogP contribution in [0.1, 0.15) is 46.1 Å². The molecule has 1 aromatic carbocycles. The Balaban J connectivity index is 2.39. The highest BCUT2D eigenvalue weighted by Crippen LogP contribution is 2.32. The number of rotatable bonds is 7. The van der Waals surface area contributed by atoms with E-state index in [1.54, 1.807) is 5.57 Å². The molecule has 0 radical (unpaired) electrons. The van der Waals surface area contributed by atoms with Crippen molar-refractivity contribution in [3.63, 3.8) is 0 Å². The van der Waals surface area contributed by atoms with Crippen LogP contribution < -0.4 is 5.46 Å². The van der Waals surface area contributed by atoms with Crippen LogP contribution in [-0.2, 0) is 0 Å². The molecule has 0 nitrogen and oxygen atoms in total. The average Bonchev–Trinajstić information content (AvgIpc) is 3.02. The van der Waals surface area contributed by atoms with Gasteiger partial charge in [-0.05, 0) is 39.9 Å². The van der Waals surface area contributed by atoms with Gasteiger partial charge in [0.05, 0.1) is 0 Å². The first-order valence-electron chi connectivity index (χ1n) is 9.48. The molecule has 1 aromatic rings. The van der Waals surface area contributed by atoms with Gasteiger partial charge in [0.25, 0.3) is 0 Å². The van der Waals surface area contributed by atoms with Crippen molar-refractivity contribution >= 4 is 12.2 Å². The van der Waals surface area contributed by atoms with E-state index in [0.29, 0.717) is 12.5 Å². The lowest BCUT2D eigenvalue weighted by atomic mass is 9.35. The zero-order valence-electron chi connectivity index (χ0n) is 16.4. The van der Waals surface area contributed by atoms with Gasteiger partial charge in [-0.25, -0.2) is 0 Å². The van der Waals surface area contributed by atoms with Crippen LogP contribution in [0.15, 0.2) is 83.4 Å². The molecule has 1 heteroatoms. The summed E-state index contributed by atoms with van der Waals surface area (Å²) in [7, 11) is 0. The van der Waals surface area contributed by atoms with E-state index in [4.69, 9.17) is 0 Å². The topological polar surface area (TPSA) is 0 Å². The first-order chi connectivity index (χ1) is 12.0. The third kappa shape index (κ3) is 5.49. The summed E-state index contributed by atoms with van der Waals surface area (Å²) in [6.45, 7) is 11.3. The standard InChI is InChI=1S/C24H31B/c1-6-9-20(4)17-21(5)18-25(23-15-13-19(3)14-16-23)24-12-8-11-22(24)10-7-2/h6,8-9,11-18,24H,7,10H2,1-5H3/b9-6+,20-17-,21-18+/t24-/m0/s1. The van der Waals surface area contributed by atoms with E-state index in [-0.39, 0.29) is 0 Å². The lowest BCUT2D eigenvalue weighted by Gasteiger charge is -2.21. The molecule has 0 saturated heterocycles. The Labute approximate surface area is 154 Å². The summed E-state index contributed by atoms with van der Waals surface area (Å²) in [5.41, 5.74) is 6.91. The number of benzene rings is 1. The highest BCUT2D eigenvalue weighted by Gasteiger charge is 2.27. The third-order valence-corrected chi connectivity index (χ3v) is 4.77. The van der Waals surface area contributed by atoms with Crippen LogP contribution >= 0.6 is 0 Å². The van der Waals surface area contributed by atoms with E-state index in [1.807, 2.05) is 0 Å². The van der Waals surface area contributed by atoms with Crippen LogP contribution in [0.2, 0.25) is 5.82 Å². The highest BCUT2D eigenvalue weighted by molar-refractivity contribution is 6.80. The van der Waals surface area contributed by atoms with Crippen molar-refractivity contribution in [2.45, 2.75) is 53.3 Å². The molecule has 0 saturated carbocycles. The van der Waals surface area contributed by atoms with E-state index in [2.05, 4.69) is 101 Å². The molecule has 0 unspecified atom stereocenters. The molecule has 0 aromatic heterocycles. The van der Waals surface area contributed by atoms with Gasteiger partial charge < -0.3 is 0 Å². The van der Waals surface area contributed by atoms with Gasteiger partial charge in [0.2, 0.25) is 6.71 Å². The molecule has 0 bridgehead atoms. The molecule has 25 heavy (non-hydrogen) atoms. The molecular formula is C24H31B. The van der Waals surface area contributed by atoms with E-state index in [9.17, 15) is 0 Å². The molecule has 0 spiro atoms. The van der Waals surface area contributed by atoms with Crippen LogP contribution in [0.5, 0.6) is 0 Å². The minimum atomic E-state index is 0.395. The maximum absolute atomic E-state index is 2.45. The Bertz CT molecular complexity index is 711. The lowest BCUT2D eigenvalue weighted by molar-refractivity contribution is 0.882. The molecule has 0 aliphatic heterocycles. The zero-order valence-corrected chi connectivity index (χ0v) is 16.4. The average molecular weight is 330 g/mol. The van der Waals surface area contributed by atoms with Gasteiger partial charge in [0.15, 0.2) is 0 Å². The van der Waals surface area contributed by atoms with Crippen LogP contribution in [0, 0.1) is 6.92 Å². The molecule has 0 heterocycles. The fraction of sp³-hybridized carbons (Fsp3) is 0.333. The second-order valence-corrected chi connectivity index (χ2v) is 7.14. The largest absolute Gasteiger partial charge is 0.212 e. The Morgan fingerprint density at radius 1 is 1.12 bits per heavy atom. The smallest absolute Gasteiger partial charge is 0.106 e. The molecule has 2 rings (SSSR count). The predicted octanol–water partition coefficient (Wildman–Crippen LogP) is 6.37. The normalized spacial score (nSPS) is 18.1. The minimum absolute atomic E-state index is 0.395. The summed E-state index contributed by atoms with van der Waals surface area (Å²) >= 11 is 0. The molecule has 0 amide bonds. The van der Waals surface area contributed by atoms with Crippen molar-refractivity contribution in [1.82, 2.24) is 0 Å². The number of allylic oxidation sites excluding steroid dienone is 9. The van der Waals surface area contributed by atoms with Crippen LogP contribution in [-0.4, -0.2) is 6.71 Å². The SMILES string of the molecule is C/C=C/C(C)=C\C(C)=C\B(c1ccc(C)cc1)[C@H]1C=CC=C1CCC. The molecule has 0 fully saturated rings. The van der Waals surface area contributed by atoms with Crippen molar-refractivity contribution in [2.24, 2.45) is 0 Å². The summed E-state index contributed by atoms with van der Waals surface area (Å²) in [5, 5.41) is 0. The summed E-state index contributed by atoms with van der Waals surface area (Å²) in [6, 6.07) is 9.05. The van der Waals surface area contributed by atoms with E-state index >= 15 is 0 Å². The van der Waals surface area contributed by atoms with Crippen molar-refractivity contribution in [3.05, 3.63) is 89.0 Å². The van der Waals surface area contributed by atoms with E-state index in [1.165, 1.54) is 35.0 Å². The summed E-state index contributed by atoms with van der Waals surface area (Å²) in [4.78, 5) is 0. The zero-order chi connectivity index (χ0) is 18.2. The molecule has 1 aliphatic carbocycles. The Kier molecular flexibility index (Phi) is 7.31. The monoisotopic (exact) mass is 330 g/mol. The summed E-state index contributed by atoms with van der Waals surface area (Å²) in [6.07, 6.45) is 15.9. The number of hydrogen-bond donors (Lipinski definition) is 0. The van der Waals surface area contributed by atoms with Crippen molar-refractivity contribution in [2.75, 3.05) is 0 Å². The third-order valence-electron chi connectivity index (χ3n) is 4.77. The highest BCUT2D eigenvalue weighted by atomic mass is 14.1. The Hall–Kier alpha value is -2.02. The van der Waals surface area contributed by atoms with Crippen LogP contribution in [0.3, 0.4) is 0 Å². The van der Waals surface area contributed by atoms with Crippen LogP contribution in [0.25, 0.3) is 0 Å². The number of hydrogen-bond acceptors (Lipinski definition) is 0.